The van der Waals surface area contributed by atoms with Crippen molar-refractivity contribution in [3.05, 3.63) is 62.5 Å². The lowest BCUT2D eigenvalue weighted by atomic mass is 10.2. The Hall–Kier alpha value is -1.39. The Kier molecular flexibility index (Phi) is 7.39. The van der Waals surface area contributed by atoms with Gasteiger partial charge < -0.3 is 0 Å². The fourth-order valence-corrected chi connectivity index (χ4v) is 6.24. The second kappa shape index (κ2) is 9.61. The maximum absolute atomic E-state index is 13.7. The first kappa shape index (κ1) is 22.3. The van der Waals surface area contributed by atoms with Gasteiger partial charge in [0.1, 0.15) is 5.82 Å². The average Bonchev–Trinajstić information content (AvgIpc) is 2.98. The Balaban J connectivity index is 1.61. The van der Waals surface area contributed by atoms with Crippen LogP contribution in [0.4, 0.5) is 4.39 Å². The highest BCUT2D eigenvalue weighted by molar-refractivity contribution is 7.98. The molecule has 5 nitrogen and oxygen atoms in total. The summed E-state index contributed by atoms with van der Waals surface area (Å²) in [4.78, 5) is 12.1. The molecular formula is C19H20ClFN2O3S3. The molecule has 10 heteroatoms. The summed E-state index contributed by atoms with van der Waals surface area (Å²) in [6.45, 7) is 2.79. The quantitative estimate of drug-likeness (QED) is 0.464. The minimum Gasteiger partial charge on any atom is -0.299 e. The van der Waals surface area contributed by atoms with Crippen LogP contribution in [0.15, 0.2) is 46.1 Å². The van der Waals surface area contributed by atoms with Crippen LogP contribution in [0.2, 0.25) is 5.02 Å². The fraction of sp³-hybridized carbons (Fsp3) is 0.316. The van der Waals surface area contributed by atoms with Crippen LogP contribution in [0.3, 0.4) is 0 Å². The van der Waals surface area contributed by atoms with Crippen LogP contribution < -0.4 is 9.60 Å². The van der Waals surface area contributed by atoms with Crippen LogP contribution in [-0.4, -0.2) is 25.3 Å². The number of thiazole rings is 1. The summed E-state index contributed by atoms with van der Waals surface area (Å²) in [6, 6.07) is 9.23. The molecule has 156 valence electrons. The van der Waals surface area contributed by atoms with Gasteiger partial charge in [-0.05, 0) is 36.8 Å². The van der Waals surface area contributed by atoms with Crippen molar-refractivity contribution in [2.24, 2.45) is 0 Å². The van der Waals surface area contributed by atoms with Crippen molar-refractivity contribution in [3.63, 3.8) is 0 Å². The van der Waals surface area contributed by atoms with Gasteiger partial charge >= 0.3 is 4.87 Å². The van der Waals surface area contributed by atoms with Gasteiger partial charge in [-0.2, -0.15) is 11.8 Å². The van der Waals surface area contributed by atoms with Crippen LogP contribution in [0.25, 0.3) is 10.2 Å². The fourth-order valence-electron chi connectivity index (χ4n) is 2.83. The van der Waals surface area contributed by atoms with E-state index in [9.17, 15) is 17.6 Å². The van der Waals surface area contributed by atoms with Crippen LogP contribution in [0, 0.1) is 5.82 Å². The van der Waals surface area contributed by atoms with Crippen molar-refractivity contribution in [1.82, 2.24) is 9.29 Å². The van der Waals surface area contributed by atoms with Crippen molar-refractivity contribution in [2.75, 3.05) is 12.3 Å². The van der Waals surface area contributed by atoms with E-state index in [2.05, 4.69) is 4.72 Å². The first-order valence-corrected chi connectivity index (χ1v) is 12.8. The van der Waals surface area contributed by atoms with E-state index in [1.165, 1.54) is 30.0 Å². The first-order valence-electron chi connectivity index (χ1n) is 8.97. The SMILES string of the molecule is CCCn1c(=O)sc2cc(S(=O)(=O)NCCSCc3c(F)cccc3Cl)ccc21. The molecule has 1 N–H and O–H groups in total. The van der Waals surface area contributed by atoms with Crippen molar-refractivity contribution in [3.8, 4) is 0 Å². The molecule has 0 amide bonds. The van der Waals surface area contributed by atoms with Crippen LogP contribution >= 0.6 is 34.7 Å². The Morgan fingerprint density at radius 3 is 2.79 bits per heavy atom. The van der Waals surface area contributed by atoms with Gasteiger partial charge in [0.25, 0.3) is 0 Å². The minimum atomic E-state index is -3.70. The molecule has 29 heavy (non-hydrogen) atoms. The van der Waals surface area contributed by atoms with Crippen molar-refractivity contribution >= 4 is 54.9 Å². The van der Waals surface area contributed by atoms with Crippen LogP contribution in [0.5, 0.6) is 0 Å². The van der Waals surface area contributed by atoms with Gasteiger partial charge in [-0.3, -0.25) is 9.36 Å². The van der Waals surface area contributed by atoms with Crippen molar-refractivity contribution in [1.29, 1.82) is 0 Å². The zero-order valence-electron chi connectivity index (χ0n) is 15.7. The molecule has 2 aromatic carbocycles. The van der Waals surface area contributed by atoms with E-state index in [-0.39, 0.29) is 22.1 Å². The largest absolute Gasteiger partial charge is 0.308 e. The lowest BCUT2D eigenvalue weighted by Gasteiger charge is -2.08. The predicted octanol–water partition coefficient (Wildman–Crippen LogP) is 4.48. The smallest absolute Gasteiger partial charge is 0.299 e. The van der Waals surface area contributed by atoms with Crippen molar-refractivity contribution in [2.45, 2.75) is 30.5 Å². The maximum atomic E-state index is 13.7. The highest BCUT2D eigenvalue weighted by Crippen LogP contribution is 2.24. The molecule has 0 atom stereocenters. The van der Waals surface area contributed by atoms with Gasteiger partial charge in [0.2, 0.25) is 10.0 Å². The number of thioether (sulfide) groups is 1. The summed E-state index contributed by atoms with van der Waals surface area (Å²) < 4.78 is 43.7. The molecular weight excluding hydrogens is 455 g/mol. The minimum absolute atomic E-state index is 0.0902. The van der Waals surface area contributed by atoms with Crippen molar-refractivity contribution < 1.29 is 12.8 Å². The zero-order valence-corrected chi connectivity index (χ0v) is 18.9. The molecule has 0 radical (unpaired) electrons. The molecule has 3 rings (SSSR count). The van der Waals surface area contributed by atoms with E-state index in [0.29, 0.717) is 33.3 Å². The molecule has 0 saturated carbocycles. The predicted molar refractivity (Wildman–Crippen MR) is 119 cm³/mol. The lowest BCUT2D eigenvalue weighted by Crippen LogP contribution is -2.26. The molecule has 3 aromatic rings. The number of benzene rings is 2. The van der Waals surface area contributed by atoms with Crippen LogP contribution in [-0.2, 0) is 22.3 Å². The second-order valence-corrected chi connectivity index (χ2v) is 10.6. The third-order valence-corrected chi connectivity index (χ3v) is 7.98. The summed E-state index contributed by atoms with van der Waals surface area (Å²) in [5.41, 5.74) is 1.16. The highest BCUT2D eigenvalue weighted by atomic mass is 35.5. The Bertz CT molecular complexity index is 1150. The number of fused-ring (bicyclic) bond motifs is 1. The standard InChI is InChI=1S/C19H20ClFN2O3S3/c1-2-9-23-17-7-6-13(11-18(17)28-19(23)24)29(25,26)22-8-10-27-12-14-15(20)4-3-5-16(14)21/h3-7,11,22H,2,8-10,12H2,1H3. The van der Waals surface area contributed by atoms with Gasteiger partial charge in [-0.15, -0.1) is 0 Å². The van der Waals surface area contributed by atoms with Gasteiger partial charge in [-0.1, -0.05) is 35.9 Å². The van der Waals surface area contributed by atoms with E-state index in [1.807, 2.05) is 6.92 Å². The Morgan fingerprint density at radius 1 is 1.28 bits per heavy atom. The molecule has 0 saturated heterocycles. The molecule has 0 aliphatic heterocycles. The van der Waals surface area contributed by atoms with Crippen LogP contribution in [0.1, 0.15) is 18.9 Å². The molecule has 1 aromatic heterocycles. The van der Waals surface area contributed by atoms with E-state index in [1.54, 1.807) is 22.8 Å². The number of halogens is 2. The number of hydrogen-bond donors (Lipinski definition) is 1. The molecule has 0 fully saturated rings. The number of aromatic nitrogens is 1. The lowest BCUT2D eigenvalue weighted by molar-refractivity contribution is 0.584. The van der Waals surface area contributed by atoms with E-state index in [0.717, 1.165) is 23.3 Å². The Labute approximate surface area is 181 Å². The van der Waals surface area contributed by atoms with Gasteiger partial charge in [0, 0.05) is 35.2 Å². The molecule has 0 aliphatic rings. The number of nitrogens with one attached hydrogen (secondary N) is 1. The molecule has 1 heterocycles. The van der Waals surface area contributed by atoms with E-state index in [4.69, 9.17) is 11.6 Å². The molecule has 0 aliphatic carbocycles. The number of nitrogens with zero attached hydrogens (tertiary/aromatic N) is 1. The average molecular weight is 475 g/mol. The van der Waals surface area contributed by atoms with Gasteiger partial charge in [-0.25, -0.2) is 17.5 Å². The molecule has 0 bridgehead atoms. The van der Waals surface area contributed by atoms with E-state index < -0.39 is 10.0 Å². The first-order chi connectivity index (χ1) is 13.8. The third-order valence-electron chi connectivity index (χ3n) is 4.24. The maximum Gasteiger partial charge on any atom is 0.308 e. The highest BCUT2D eigenvalue weighted by Gasteiger charge is 2.16. The number of sulfonamides is 1. The zero-order chi connectivity index (χ0) is 21.0. The third kappa shape index (κ3) is 5.21. The summed E-state index contributed by atoms with van der Waals surface area (Å²) in [5.74, 6) is 0.456. The second-order valence-electron chi connectivity index (χ2n) is 6.30. The summed E-state index contributed by atoms with van der Waals surface area (Å²) in [5, 5.41) is 0.361. The van der Waals surface area contributed by atoms with Gasteiger partial charge in [0.05, 0.1) is 15.1 Å². The number of hydrogen-bond acceptors (Lipinski definition) is 5. The monoisotopic (exact) mass is 474 g/mol. The van der Waals surface area contributed by atoms with E-state index >= 15 is 0 Å². The Morgan fingerprint density at radius 2 is 2.07 bits per heavy atom. The number of aryl methyl sites for hydroxylation is 1. The molecule has 0 unspecified atom stereocenters. The van der Waals surface area contributed by atoms with Gasteiger partial charge in [0.15, 0.2) is 0 Å². The normalized spacial score (nSPS) is 12.0. The topological polar surface area (TPSA) is 68.2 Å². The number of rotatable bonds is 9. The summed E-state index contributed by atoms with van der Waals surface area (Å²) >= 11 is 8.42. The summed E-state index contributed by atoms with van der Waals surface area (Å²) in [7, 11) is -3.70. The molecule has 0 spiro atoms. The summed E-state index contributed by atoms with van der Waals surface area (Å²) in [6.07, 6.45) is 0.823.